The minimum absolute atomic E-state index is 0.00203. The van der Waals surface area contributed by atoms with Crippen LogP contribution >= 0.6 is 0 Å². The van der Waals surface area contributed by atoms with E-state index in [-0.39, 0.29) is 18.5 Å². The van der Waals surface area contributed by atoms with Crippen molar-refractivity contribution in [2.24, 2.45) is 0 Å². The van der Waals surface area contributed by atoms with Gasteiger partial charge < -0.3 is 20.3 Å². The molecule has 1 amide bonds. The Hall–Kier alpha value is -2.44. The number of hydrogen-bond donors (Lipinski definition) is 3. The van der Waals surface area contributed by atoms with Crippen LogP contribution in [0, 0.1) is 0 Å². The van der Waals surface area contributed by atoms with Crippen molar-refractivity contribution in [3.05, 3.63) is 60.8 Å². The number of nitrogens with one attached hydrogen (secondary N) is 1. The van der Waals surface area contributed by atoms with Crippen LogP contribution in [0.4, 0.5) is 0 Å². The molecule has 0 aromatic heterocycles. The maximum absolute atomic E-state index is 12.4. The number of esters is 1. The molecule has 6 nitrogen and oxygen atoms in total. The van der Waals surface area contributed by atoms with E-state index in [1.165, 1.54) is 263 Å². The Bertz CT molecular complexity index is 1320. The standard InChI is InChI=1S/C70H129NO5/c1-3-5-7-9-11-13-14-15-37-41-44-48-52-56-60-64-70(75)76-65-61-57-53-49-45-42-39-36-34-32-30-28-26-24-22-20-18-16-17-19-21-23-25-27-29-31-33-35-38-40-43-47-51-55-59-63-69(74)71-67(66-72)68(73)62-58-54-50-46-12-10-8-6-4-2/h11,13,15,18,20,24,26,37,58,62,67-68,72-73H,3-10,12,14,16-17,19,21-23,25,27-36,38-57,59-61,63-66H2,1-2H3,(H,71,74)/b13-11-,20-18-,26-24-,37-15-,62-58+. The smallest absolute Gasteiger partial charge is 0.305 e. The van der Waals surface area contributed by atoms with Gasteiger partial charge in [-0.05, 0) is 96.3 Å². The summed E-state index contributed by atoms with van der Waals surface area (Å²) in [7, 11) is 0. The quantitative estimate of drug-likeness (QED) is 0.0320. The van der Waals surface area contributed by atoms with E-state index >= 15 is 0 Å². The van der Waals surface area contributed by atoms with Gasteiger partial charge in [-0.1, -0.05) is 299 Å². The number of ether oxygens (including phenoxy) is 1. The summed E-state index contributed by atoms with van der Waals surface area (Å²) in [6, 6.07) is -0.624. The Kier molecular flexibility index (Phi) is 63.0. The number of amides is 1. The van der Waals surface area contributed by atoms with Crippen LogP contribution in [-0.4, -0.2) is 47.4 Å². The summed E-state index contributed by atoms with van der Waals surface area (Å²) in [6.45, 7) is 4.85. The third-order valence-corrected chi connectivity index (χ3v) is 15.3. The first-order valence-electron chi connectivity index (χ1n) is 33.6. The van der Waals surface area contributed by atoms with E-state index in [1.54, 1.807) is 6.08 Å². The molecule has 0 aromatic rings. The van der Waals surface area contributed by atoms with Crippen molar-refractivity contribution in [2.75, 3.05) is 13.2 Å². The zero-order valence-electron chi connectivity index (χ0n) is 50.7. The molecule has 2 unspecified atom stereocenters. The third kappa shape index (κ3) is 60.8. The highest BCUT2D eigenvalue weighted by atomic mass is 16.5. The fraction of sp³-hybridized carbons (Fsp3) is 0.829. The van der Waals surface area contributed by atoms with E-state index in [4.69, 9.17) is 4.74 Å². The molecular formula is C70H129NO5. The minimum atomic E-state index is -0.841. The molecule has 2 atom stereocenters. The van der Waals surface area contributed by atoms with Gasteiger partial charge in [-0.15, -0.1) is 0 Å². The molecule has 0 bridgehead atoms. The van der Waals surface area contributed by atoms with Crippen molar-refractivity contribution in [2.45, 2.75) is 360 Å². The molecule has 444 valence electrons. The molecule has 0 spiro atoms. The van der Waals surface area contributed by atoms with Crippen LogP contribution in [0.5, 0.6) is 0 Å². The zero-order valence-corrected chi connectivity index (χ0v) is 50.7. The Morgan fingerprint density at radius 3 is 1.03 bits per heavy atom. The number of rotatable bonds is 62. The summed E-state index contributed by atoms with van der Waals surface area (Å²) >= 11 is 0. The largest absolute Gasteiger partial charge is 0.466 e. The first kappa shape index (κ1) is 73.6. The molecule has 0 aliphatic heterocycles. The topological polar surface area (TPSA) is 95.9 Å². The lowest BCUT2D eigenvalue weighted by Gasteiger charge is -2.20. The van der Waals surface area contributed by atoms with Crippen LogP contribution in [-0.2, 0) is 14.3 Å². The first-order valence-corrected chi connectivity index (χ1v) is 33.6. The summed E-state index contributed by atoms with van der Waals surface area (Å²) in [5, 5.41) is 23.0. The molecule has 0 aliphatic carbocycles. The molecular weight excluding hydrogens is 935 g/mol. The van der Waals surface area contributed by atoms with E-state index in [2.05, 4.69) is 67.8 Å². The van der Waals surface area contributed by atoms with Crippen LogP contribution in [0.15, 0.2) is 60.8 Å². The molecule has 3 N–H and O–H groups in total. The number of aliphatic hydroxyl groups is 2. The third-order valence-electron chi connectivity index (χ3n) is 15.3. The van der Waals surface area contributed by atoms with E-state index in [0.717, 1.165) is 57.8 Å². The maximum Gasteiger partial charge on any atom is 0.305 e. The molecule has 0 radical (unpaired) electrons. The van der Waals surface area contributed by atoms with Crippen LogP contribution < -0.4 is 5.32 Å². The Morgan fingerprint density at radius 1 is 0.368 bits per heavy atom. The summed E-state index contributed by atoms with van der Waals surface area (Å²) in [4.78, 5) is 24.5. The number of carbonyl (C=O) groups excluding carboxylic acids is 2. The lowest BCUT2D eigenvalue weighted by molar-refractivity contribution is -0.143. The van der Waals surface area contributed by atoms with Crippen LogP contribution in [0.25, 0.3) is 0 Å². The van der Waals surface area contributed by atoms with Gasteiger partial charge >= 0.3 is 5.97 Å². The number of unbranched alkanes of at least 4 members (excludes halogenated alkanes) is 43. The van der Waals surface area contributed by atoms with E-state index in [9.17, 15) is 19.8 Å². The average Bonchev–Trinajstić information content (AvgIpc) is 3.42. The van der Waals surface area contributed by atoms with E-state index in [0.29, 0.717) is 19.4 Å². The van der Waals surface area contributed by atoms with Crippen molar-refractivity contribution in [3.8, 4) is 0 Å². The highest BCUT2D eigenvalue weighted by Gasteiger charge is 2.18. The fourth-order valence-corrected chi connectivity index (χ4v) is 10.1. The van der Waals surface area contributed by atoms with Crippen molar-refractivity contribution >= 4 is 11.9 Å². The van der Waals surface area contributed by atoms with Gasteiger partial charge in [0.05, 0.1) is 25.4 Å². The first-order chi connectivity index (χ1) is 37.5. The second-order valence-electron chi connectivity index (χ2n) is 22.8. The predicted molar refractivity (Wildman–Crippen MR) is 333 cm³/mol. The lowest BCUT2D eigenvalue weighted by Crippen LogP contribution is -2.45. The van der Waals surface area contributed by atoms with Crippen LogP contribution in [0.1, 0.15) is 348 Å². The second kappa shape index (κ2) is 65.1. The highest BCUT2D eigenvalue weighted by molar-refractivity contribution is 5.76. The summed E-state index contributed by atoms with van der Waals surface area (Å²) < 4.78 is 5.48. The molecule has 0 aromatic carbocycles. The van der Waals surface area contributed by atoms with Crippen LogP contribution in [0.2, 0.25) is 0 Å². The Balaban J connectivity index is 3.36. The van der Waals surface area contributed by atoms with Gasteiger partial charge in [0.15, 0.2) is 0 Å². The summed E-state index contributed by atoms with van der Waals surface area (Å²) in [6.07, 6.45) is 85.9. The Morgan fingerprint density at radius 2 is 0.658 bits per heavy atom. The van der Waals surface area contributed by atoms with E-state index < -0.39 is 12.1 Å². The van der Waals surface area contributed by atoms with Crippen LogP contribution in [0.3, 0.4) is 0 Å². The van der Waals surface area contributed by atoms with Gasteiger partial charge in [0.2, 0.25) is 5.91 Å². The second-order valence-corrected chi connectivity index (χ2v) is 22.8. The van der Waals surface area contributed by atoms with Gasteiger partial charge in [-0.3, -0.25) is 9.59 Å². The van der Waals surface area contributed by atoms with Crippen molar-refractivity contribution in [1.29, 1.82) is 0 Å². The van der Waals surface area contributed by atoms with Gasteiger partial charge in [-0.25, -0.2) is 0 Å². The number of allylic oxidation sites excluding steroid dienone is 9. The zero-order chi connectivity index (χ0) is 55.0. The van der Waals surface area contributed by atoms with Crippen molar-refractivity contribution in [1.82, 2.24) is 5.32 Å². The highest BCUT2D eigenvalue weighted by Crippen LogP contribution is 2.17. The molecule has 6 heteroatoms. The molecule has 0 saturated heterocycles. The van der Waals surface area contributed by atoms with Crippen molar-refractivity contribution < 1.29 is 24.5 Å². The number of aliphatic hydroxyl groups excluding tert-OH is 2. The summed E-state index contributed by atoms with van der Waals surface area (Å²) in [5.41, 5.74) is 0. The number of hydrogen-bond acceptors (Lipinski definition) is 5. The summed E-state index contributed by atoms with van der Waals surface area (Å²) in [5.74, 6) is -0.0661. The fourth-order valence-electron chi connectivity index (χ4n) is 10.1. The molecule has 0 heterocycles. The predicted octanol–water partition coefficient (Wildman–Crippen LogP) is 21.5. The normalized spacial score (nSPS) is 12.9. The minimum Gasteiger partial charge on any atom is -0.466 e. The molecule has 0 aliphatic rings. The maximum atomic E-state index is 12.4. The molecule has 0 fully saturated rings. The Labute approximate surface area is 473 Å². The SMILES string of the molecule is CCCCC/C=C\C/C=C\CCCCCCCC(=O)OCCCCCCCCCCCCC/C=C\C/C=C\CCCCCCCCCCCCCCCCCCCC(=O)NC(CO)C(O)/C=C/CCCCCCCCC. The molecule has 0 saturated carbocycles. The van der Waals surface area contributed by atoms with Gasteiger partial charge in [0, 0.05) is 12.8 Å². The van der Waals surface area contributed by atoms with Gasteiger partial charge in [-0.2, -0.15) is 0 Å². The van der Waals surface area contributed by atoms with Gasteiger partial charge in [0.25, 0.3) is 0 Å². The lowest BCUT2D eigenvalue weighted by atomic mass is 10.0. The molecule has 0 rings (SSSR count). The monoisotopic (exact) mass is 1060 g/mol. The van der Waals surface area contributed by atoms with Gasteiger partial charge in [0.1, 0.15) is 0 Å². The van der Waals surface area contributed by atoms with Crippen molar-refractivity contribution in [3.63, 3.8) is 0 Å². The number of carbonyl (C=O) groups is 2. The van der Waals surface area contributed by atoms with E-state index in [1.807, 2.05) is 6.08 Å². The molecule has 76 heavy (non-hydrogen) atoms. The average molecular weight is 1060 g/mol.